The number of para-hydroxylation sites is 2. The molecule has 1 atom stereocenters. The highest BCUT2D eigenvalue weighted by atomic mass is 35.5. The van der Waals surface area contributed by atoms with E-state index < -0.39 is 5.37 Å². The first kappa shape index (κ1) is 24.6. The maximum atomic E-state index is 13.6. The zero-order chi connectivity index (χ0) is 26.2. The number of hydrogen-bond acceptors (Lipinski definition) is 3. The minimum atomic E-state index is -0.535. The number of aromatic nitrogens is 1. The number of halogens is 2. The molecule has 1 unspecified atom stereocenters. The van der Waals surface area contributed by atoms with Gasteiger partial charge in [-0.1, -0.05) is 108 Å². The molecule has 2 amide bonds. The Kier molecular flexibility index (Phi) is 6.62. The Morgan fingerprint density at radius 1 is 0.816 bits per heavy atom. The molecule has 0 spiro atoms. The molecule has 1 saturated heterocycles. The van der Waals surface area contributed by atoms with Crippen molar-refractivity contribution in [1.82, 2.24) is 15.0 Å². The lowest BCUT2D eigenvalue weighted by Gasteiger charge is -2.25. The second-order valence-electron chi connectivity index (χ2n) is 8.85. The van der Waals surface area contributed by atoms with Crippen LogP contribution in [-0.4, -0.2) is 21.4 Å². The zero-order valence-electron chi connectivity index (χ0n) is 20.0. The molecule has 2 heterocycles. The fourth-order valence-corrected chi connectivity index (χ4v) is 6.47. The third-order valence-electron chi connectivity index (χ3n) is 6.49. The smallest absolute Gasteiger partial charge is 0.280 e. The van der Waals surface area contributed by atoms with Crippen molar-refractivity contribution in [1.29, 1.82) is 0 Å². The Bertz CT molecular complexity index is 1690. The van der Waals surface area contributed by atoms with Crippen molar-refractivity contribution in [3.8, 4) is 0 Å². The standard InChI is InChI=1S/C30H21Cl2N3O2S/c31-23-13-5-1-9-19(23)17-27-29(37)35(30(38-27)22-12-2-6-14-24(22)32)33-28(36)18-34-25-15-7-3-10-20(25)21-11-4-8-16-26(21)34/h1-17,30H,18H2,(H,33,36)/b27-17+. The van der Waals surface area contributed by atoms with Crippen molar-refractivity contribution in [2.45, 2.75) is 11.9 Å². The number of nitrogens with zero attached hydrogens (tertiary/aromatic N) is 2. The Morgan fingerprint density at radius 2 is 1.39 bits per heavy atom. The first-order valence-corrected chi connectivity index (χ1v) is 13.6. The normalized spacial score (nSPS) is 16.6. The van der Waals surface area contributed by atoms with E-state index >= 15 is 0 Å². The summed E-state index contributed by atoms with van der Waals surface area (Å²) in [6, 6.07) is 30.6. The predicted octanol–water partition coefficient (Wildman–Crippen LogP) is 7.45. The second-order valence-corrected chi connectivity index (χ2v) is 10.8. The van der Waals surface area contributed by atoms with E-state index in [9.17, 15) is 9.59 Å². The van der Waals surface area contributed by atoms with Gasteiger partial charge in [0.1, 0.15) is 11.9 Å². The van der Waals surface area contributed by atoms with Gasteiger partial charge in [-0.25, -0.2) is 5.01 Å². The lowest BCUT2D eigenvalue weighted by molar-refractivity contribution is -0.138. The average Bonchev–Trinajstić information content (AvgIpc) is 3.40. The van der Waals surface area contributed by atoms with Crippen molar-refractivity contribution in [3.63, 3.8) is 0 Å². The molecule has 0 radical (unpaired) electrons. The van der Waals surface area contributed by atoms with Crippen LogP contribution in [0.1, 0.15) is 16.5 Å². The van der Waals surface area contributed by atoms with Crippen LogP contribution in [0.15, 0.2) is 102 Å². The number of rotatable bonds is 5. The molecule has 1 aliphatic heterocycles. The van der Waals surface area contributed by atoms with Gasteiger partial charge in [-0.2, -0.15) is 0 Å². The third kappa shape index (κ3) is 4.45. The molecule has 0 aliphatic carbocycles. The molecule has 8 heteroatoms. The molecule has 5 nitrogen and oxygen atoms in total. The Morgan fingerprint density at radius 3 is 2.05 bits per heavy atom. The molecule has 38 heavy (non-hydrogen) atoms. The lowest BCUT2D eigenvalue weighted by atomic mass is 10.2. The Labute approximate surface area is 233 Å². The van der Waals surface area contributed by atoms with E-state index in [-0.39, 0.29) is 18.4 Å². The maximum absolute atomic E-state index is 13.6. The highest BCUT2D eigenvalue weighted by Gasteiger charge is 2.39. The van der Waals surface area contributed by atoms with Crippen molar-refractivity contribution < 1.29 is 9.59 Å². The maximum Gasteiger partial charge on any atom is 0.280 e. The SMILES string of the molecule is O=C(Cn1c2ccccc2c2ccccc21)NN1C(=O)/C(=C\c2ccccc2Cl)SC1c1ccccc1Cl. The minimum absolute atomic E-state index is 0.0429. The minimum Gasteiger partial charge on any atom is -0.331 e. The largest absolute Gasteiger partial charge is 0.331 e. The van der Waals surface area contributed by atoms with Crippen LogP contribution in [-0.2, 0) is 16.1 Å². The highest BCUT2D eigenvalue weighted by Crippen LogP contribution is 2.47. The van der Waals surface area contributed by atoms with Crippen LogP contribution in [0.4, 0.5) is 0 Å². The van der Waals surface area contributed by atoms with Crippen LogP contribution < -0.4 is 5.43 Å². The van der Waals surface area contributed by atoms with Crippen LogP contribution in [0.5, 0.6) is 0 Å². The summed E-state index contributed by atoms with van der Waals surface area (Å²) >= 11 is 14.2. The van der Waals surface area contributed by atoms with Gasteiger partial charge in [0, 0.05) is 37.4 Å². The van der Waals surface area contributed by atoms with E-state index in [4.69, 9.17) is 23.2 Å². The summed E-state index contributed by atoms with van der Waals surface area (Å²) in [5.74, 6) is -0.642. The first-order valence-electron chi connectivity index (χ1n) is 12.0. The van der Waals surface area contributed by atoms with Gasteiger partial charge >= 0.3 is 0 Å². The number of nitrogens with one attached hydrogen (secondary N) is 1. The molecule has 0 bridgehead atoms. The fraction of sp³-hybridized carbons (Fsp3) is 0.0667. The molecule has 6 rings (SSSR count). The van der Waals surface area contributed by atoms with E-state index in [1.807, 2.05) is 89.5 Å². The van der Waals surface area contributed by atoms with Crippen LogP contribution in [0, 0.1) is 0 Å². The summed E-state index contributed by atoms with van der Waals surface area (Å²) in [6.45, 7) is 0.0429. The highest BCUT2D eigenvalue weighted by molar-refractivity contribution is 8.04. The van der Waals surface area contributed by atoms with E-state index in [2.05, 4.69) is 5.43 Å². The van der Waals surface area contributed by atoms with Crippen LogP contribution in [0.25, 0.3) is 27.9 Å². The number of carbonyl (C=O) groups is 2. The van der Waals surface area contributed by atoms with E-state index in [0.717, 1.165) is 32.9 Å². The van der Waals surface area contributed by atoms with E-state index in [1.165, 1.54) is 16.8 Å². The van der Waals surface area contributed by atoms with Crippen molar-refractivity contribution in [2.75, 3.05) is 0 Å². The monoisotopic (exact) mass is 557 g/mol. The summed E-state index contributed by atoms with van der Waals surface area (Å²) < 4.78 is 1.97. The van der Waals surface area contributed by atoms with Gasteiger partial charge < -0.3 is 4.57 Å². The number of carbonyl (C=O) groups excluding carboxylic acids is 2. The van der Waals surface area contributed by atoms with E-state index in [1.54, 1.807) is 18.2 Å². The van der Waals surface area contributed by atoms with Gasteiger partial charge in [0.2, 0.25) is 0 Å². The van der Waals surface area contributed by atoms with Crippen molar-refractivity contribution >= 4 is 74.7 Å². The topological polar surface area (TPSA) is 54.3 Å². The van der Waals surface area contributed by atoms with Gasteiger partial charge in [-0.3, -0.25) is 15.0 Å². The third-order valence-corrected chi connectivity index (χ3v) is 8.42. The average molecular weight is 558 g/mol. The van der Waals surface area contributed by atoms with Crippen LogP contribution in [0.3, 0.4) is 0 Å². The van der Waals surface area contributed by atoms with Crippen LogP contribution >= 0.6 is 35.0 Å². The van der Waals surface area contributed by atoms with Gasteiger partial charge in [0.05, 0.1) is 4.91 Å². The van der Waals surface area contributed by atoms with Gasteiger partial charge in [0.25, 0.3) is 11.8 Å². The van der Waals surface area contributed by atoms with Crippen molar-refractivity contribution in [2.24, 2.45) is 0 Å². The number of hydrogen-bond donors (Lipinski definition) is 1. The predicted molar refractivity (Wildman–Crippen MR) is 156 cm³/mol. The zero-order valence-corrected chi connectivity index (χ0v) is 22.3. The molecule has 0 saturated carbocycles. The number of benzene rings is 4. The Balaban J connectivity index is 1.35. The van der Waals surface area contributed by atoms with Crippen molar-refractivity contribution in [3.05, 3.63) is 123 Å². The molecule has 1 fully saturated rings. The first-order chi connectivity index (χ1) is 18.5. The summed E-state index contributed by atoms with van der Waals surface area (Å²) in [7, 11) is 0. The molecule has 4 aromatic carbocycles. The van der Waals surface area contributed by atoms with Crippen LogP contribution in [0.2, 0.25) is 10.0 Å². The Hall–Kier alpha value is -3.71. The molecule has 1 N–H and O–H groups in total. The number of fused-ring (bicyclic) bond motifs is 3. The number of hydrazine groups is 1. The molecular formula is C30H21Cl2N3O2S. The molecular weight excluding hydrogens is 537 g/mol. The summed E-state index contributed by atoms with van der Waals surface area (Å²) in [6.07, 6.45) is 1.75. The number of amides is 2. The molecule has 5 aromatic rings. The summed E-state index contributed by atoms with van der Waals surface area (Å²) in [5, 5.41) is 4.03. The molecule has 1 aliphatic rings. The summed E-state index contributed by atoms with van der Waals surface area (Å²) in [5.41, 5.74) is 6.23. The van der Waals surface area contributed by atoms with E-state index in [0.29, 0.717) is 15.0 Å². The van der Waals surface area contributed by atoms with Gasteiger partial charge in [-0.05, 0) is 35.9 Å². The van der Waals surface area contributed by atoms with Gasteiger partial charge in [0.15, 0.2) is 0 Å². The fourth-order valence-electron chi connectivity index (χ4n) is 4.75. The number of thioether (sulfide) groups is 1. The quantitative estimate of drug-likeness (QED) is 0.228. The molecule has 188 valence electrons. The van der Waals surface area contributed by atoms with Gasteiger partial charge in [-0.15, -0.1) is 0 Å². The summed E-state index contributed by atoms with van der Waals surface area (Å²) in [4.78, 5) is 27.5. The second kappa shape index (κ2) is 10.2. The molecule has 1 aromatic heterocycles. The lowest BCUT2D eigenvalue weighted by Crippen LogP contribution is -2.45.